The smallest absolute Gasteiger partial charge is 0.337 e. The summed E-state index contributed by atoms with van der Waals surface area (Å²) in [7, 11) is 4.89. The highest BCUT2D eigenvalue weighted by Gasteiger charge is 2.26. The van der Waals surface area contributed by atoms with Crippen LogP contribution in [0.5, 0.6) is 5.75 Å². The zero-order valence-electron chi connectivity index (χ0n) is 23.4. The van der Waals surface area contributed by atoms with Crippen LogP contribution in [0.15, 0.2) is 76.3 Å². The fourth-order valence-corrected chi connectivity index (χ4v) is 4.79. The number of ether oxygens (including phenoxy) is 1. The fraction of sp³-hybridized carbons (Fsp3) is 0.200. The zero-order chi connectivity index (χ0) is 30.1. The predicted octanol–water partition coefficient (Wildman–Crippen LogP) is 3.69. The van der Waals surface area contributed by atoms with Gasteiger partial charge in [-0.25, -0.2) is 22.8 Å². The van der Waals surface area contributed by atoms with Gasteiger partial charge in [-0.1, -0.05) is 24.3 Å². The first-order chi connectivity index (χ1) is 20.1. The Morgan fingerprint density at radius 3 is 2.36 bits per heavy atom. The lowest BCUT2D eigenvalue weighted by Gasteiger charge is -2.15. The van der Waals surface area contributed by atoms with Crippen molar-refractivity contribution in [3.05, 3.63) is 110 Å². The molecule has 0 radical (unpaired) electrons. The molecule has 42 heavy (non-hydrogen) atoms. The summed E-state index contributed by atoms with van der Waals surface area (Å²) < 4.78 is 38.8. The number of halogens is 2. The zero-order valence-corrected chi connectivity index (χ0v) is 23.4. The van der Waals surface area contributed by atoms with Gasteiger partial charge in [0.15, 0.2) is 17.2 Å². The van der Waals surface area contributed by atoms with Gasteiger partial charge in [0, 0.05) is 24.7 Å². The highest BCUT2D eigenvalue weighted by molar-refractivity contribution is 5.88. The summed E-state index contributed by atoms with van der Waals surface area (Å²) in [5, 5.41) is 7.44. The van der Waals surface area contributed by atoms with Crippen molar-refractivity contribution in [2.75, 3.05) is 26.5 Å². The third-order valence-corrected chi connectivity index (χ3v) is 6.65. The second kappa shape index (κ2) is 11.4. The van der Waals surface area contributed by atoms with Crippen molar-refractivity contribution in [3.63, 3.8) is 0 Å². The average Bonchev–Trinajstić information content (AvgIpc) is 3.31. The Hall–Kier alpha value is -5.10. The number of methoxy groups -OCH3 is 1. The molecule has 1 N–H and O–H groups in total. The third-order valence-electron chi connectivity index (χ3n) is 6.65. The maximum atomic E-state index is 15.5. The van der Waals surface area contributed by atoms with Crippen LogP contribution in [0, 0.1) is 11.6 Å². The van der Waals surface area contributed by atoms with E-state index in [4.69, 9.17) is 4.74 Å². The van der Waals surface area contributed by atoms with E-state index in [1.54, 1.807) is 44.4 Å². The van der Waals surface area contributed by atoms with Gasteiger partial charge in [0.05, 0.1) is 30.7 Å². The van der Waals surface area contributed by atoms with Crippen LogP contribution in [0.4, 0.5) is 14.5 Å². The number of rotatable bonds is 8. The lowest BCUT2D eigenvalue weighted by molar-refractivity contribution is -0.114. The molecule has 5 aromatic rings. The Kier molecular flexibility index (Phi) is 7.72. The highest BCUT2D eigenvalue weighted by atomic mass is 19.1. The monoisotopic (exact) mass is 574 g/mol. The first kappa shape index (κ1) is 28.4. The van der Waals surface area contributed by atoms with Gasteiger partial charge < -0.3 is 15.0 Å². The first-order valence-electron chi connectivity index (χ1n) is 13.0. The molecule has 0 aliphatic heterocycles. The molecule has 0 spiro atoms. The number of carbonyl (C=O) groups excluding carboxylic acids is 1. The number of benzene rings is 3. The van der Waals surface area contributed by atoms with Crippen molar-refractivity contribution < 1.29 is 18.3 Å². The molecular formula is C30H28F2N6O4. The molecule has 0 atom stereocenters. The Labute approximate surface area is 239 Å². The number of hydrogen-bond donors (Lipinski definition) is 1. The fourth-order valence-electron chi connectivity index (χ4n) is 4.79. The average molecular weight is 575 g/mol. The van der Waals surface area contributed by atoms with E-state index in [-0.39, 0.29) is 47.0 Å². The third kappa shape index (κ3) is 5.19. The van der Waals surface area contributed by atoms with Gasteiger partial charge in [-0.2, -0.15) is 0 Å². The minimum Gasteiger partial charge on any atom is -0.494 e. The van der Waals surface area contributed by atoms with Crippen molar-refractivity contribution in [1.82, 2.24) is 23.8 Å². The molecule has 10 nitrogen and oxygen atoms in total. The molecule has 0 saturated heterocycles. The number of fused-ring (bicyclic) bond motifs is 1. The summed E-state index contributed by atoms with van der Waals surface area (Å²) in [6, 6.07) is 16.9. The number of nitrogens with zero attached hydrogens (tertiary/aromatic N) is 5. The van der Waals surface area contributed by atoms with E-state index in [0.29, 0.717) is 17.1 Å². The normalized spacial score (nSPS) is 11.3. The van der Waals surface area contributed by atoms with Crippen LogP contribution in [0.3, 0.4) is 0 Å². The van der Waals surface area contributed by atoms with Gasteiger partial charge >= 0.3 is 5.69 Å². The molecule has 1 amide bonds. The van der Waals surface area contributed by atoms with Gasteiger partial charge in [-0.05, 0) is 56.6 Å². The predicted molar refractivity (Wildman–Crippen MR) is 155 cm³/mol. The number of hydrogen-bond acceptors (Lipinski definition) is 6. The summed E-state index contributed by atoms with van der Waals surface area (Å²) in [6.07, 6.45) is 0. The van der Waals surface area contributed by atoms with Crippen LogP contribution in [-0.2, 0) is 17.9 Å². The van der Waals surface area contributed by atoms with Crippen LogP contribution in [-0.4, -0.2) is 50.9 Å². The Morgan fingerprint density at radius 1 is 1.00 bits per heavy atom. The molecule has 216 valence electrons. The maximum Gasteiger partial charge on any atom is 0.337 e. The van der Waals surface area contributed by atoms with E-state index in [0.717, 1.165) is 9.13 Å². The molecular weight excluding hydrogens is 546 g/mol. The molecule has 12 heteroatoms. The molecule has 0 saturated carbocycles. The van der Waals surface area contributed by atoms with Crippen molar-refractivity contribution in [2.45, 2.75) is 20.0 Å². The molecule has 0 fully saturated rings. The molecule has 5 rings (SSSR count). The first-order valence-corrected chi connectivity index (χ1v) is 13.0. The Balaban J connectivity index is 1.87. The molecule has 2 heterocycles. The quantitative estimate of drug-likeness (QED) is 0.303. The van der Waals surface area contributed by atoms with Crippen molar-refractivity contribution >= 4 is 22.6 Å². The Bertz CT molecular complexity index is 1930. The largest absolute Gasteiger partial charge is 0.494 e. The minimum atomic E-state index is -0.898. The van der Waals surface area contributed by atoms with Gasteiger partial charge in [0.2, 0.25) is 5.91 Å². The number of anilines is 1. The molecule has 0 bridgehead atoms. The van der Waals surface area contributed by atoms with Gasteiger partial charge in [-0.15, -0.1) is 5.10 Å². The SMILES string of the molecule is COc1cccc(-n2c(=O)c3c(CN(C)C)n(-c4ccc(NC(C)=O)cc4)nc3n(Cc3ccccc3F)c2=O)c1F. The summed E-state index contributed by atoms with van der Waals surface area (Å²) >= 11 is 0. The van der Waals surface area contributed by atoms with Crippen molar-refractivity contribution in [3.8, 4) is 17.1 Å². The number of aromatic nitrogens is 4. The number of carbonyl (C=O) groups is 1. The molecule has 3 aromatic carbocycles. The van der Waals surface area contributed by atoms with E-state index < -0.39 is 22.9 Å². The molecule has 0 unspecified atom stereocenters. The second-order valence-electron chi connectivity index (χ2n) is 9.92. The van der Waals surface area contributed by atoms with Crippen LogP contribution in [0.1, 0.15) is 18.2 Å². The minimum absolute atomic E-state index is 0.00981. The van der Waals surface area contributed by atoms with E-state index in [1.807, 2.05) is 4.90 Å². The van der Waals surface area contributed by atoms with Gasteiger partial charge in [0.25, 0.3) is 5.56 Å². The lowest BCUT2D eigenvalue weighted by atomic mass is 10.2. The summed E-state index contributed by atoms with van der Waals surface area (Å²) in [6.45, 7) is 1.35. The van der Waals surface area contributed by atoms with Crippen LogP contribution in [0.25, 0.3) is 22.4 Å². The van der Waals surface area contributed by atoms with Gasteiger partial charge in [0.1, 0.15) is 11.2 Å². The highest BCUT2D eigenvalue weighted by Crippen LogP contribution is 2.25. The topological polar surface area (TPSA) is 103 Å². The van der Waals surface area contributed by atoms with E-state index in [9.17, 15) is 18.8 Å². The van der Waals surface area contributed by atoms with E-state index in [1.165, 1.54) is 55.1 Å². The number of nitrogens with one attached hydrogen (secondary N) is 1. The van der Waals surface area contributed by atoms with E-state index in [2.05, 4.69) is 10.4 Å². The lowest BCUT2D eigenvalue weighted by Crippen LogP contribution is -2.40. The van der Waals surface area contributed by atoms with Crippen molar-refractivity contribution in [1.29, 1.82) is 0 Å². The van der Waals surface area contributed by atoms with Gasteiger partial charge in [-0.3, -0.25) is 14.2 Å². The summed E-state index contributed by atoms with van der Waals surface area (Å²) in [4.78, 5) is 41.4. The molecule has 0 aliphatic rings. The summed E-state index contributed by atoms with van der Waals surface area (Å²) in [5.41, 5.74) is -0.278. The van der Waals surface area contributed by atoms with Crippen LogP contribution < -0.4 is 21.3 Å². The van der Waals surface area contributed by atoms with E-state index >= 15 is 4.39 Å². The summed E-state index contributed by atoms with van der Waals surface area (Å²) in [5.74, 6) is -1.83. The second-order valence-corrected chi connectivity index (χ2v) is 9.92. The Morgan fingerprint density at radius 2 is 1.71 bits per heavy atom. The number of amides is 1. The molecule has 0 aliphatic carbocycles. The van der Waals surface area contributed by atoms with Crippen LogP contribution in [0.2, 0.25) is 0 Å². The standard InChI is InChI=1S/C30H28F2N6O4/c1-18(39)33-20-12-14-21(15-13-20)38-24(17-35(2)3)26-28(34-38)36(16-19-8-5-6-9-22(19)31)30(41)37(29(26)40)23-10-7-11-25(42-4)27(23)32/h5-15H,16-17H2,1-4H3,(H,33,39). The molecule has 2 aromatic heterocycles. The van der Waals surface area contributed by atoms with Crippen molar-refractivity contribution in [2.24, 2.45) is 0 Å². The maximum absolute atomic E-state index is 15.5. The van der Waals surface area contributed by atoms with Crippen LogP contribution >= 0.6 is 0 Å².